The second-order valence-corrected chi connectivity index (χ2v) is 6.31. The monoisotopic (exact) mass is 368 g/mol. The average Bonchev–Trinajstić information content (AvgIpc) is 2.46. The smallest absolute Gasteiger partial charge is 0.230 e. The Morgan fingerprint density at radius 3 is 2.62 bits per heavy atom. The van der Waals surface area contributed by atoms with Crippen molar-refractivity contribution >= 4 is 39.3 Å². The molecule has 0 radical (unpaired) electrons. The zero-order valence-corrected chi connectivity index (χ0v) is 13.5. The third-order valence-corrected chi connectivity index (χ3v) is 4.32. The summed E-state index contributed by atoms with van der Waals surface area (Å²) in [5, 5.41) is 2.79. The first kappa shape index (κ1) is 15.9. The third kappa shape index (κ3) is 5.06. The van der Waals surface area contributed by atoms with Gasteiger partial charge in [0.05, 0.1) is 5.75 Å². The van der Waals surface area contributed by atoms with E-state index in [1.807, 2.05) is 12.1 Å². The van der Waals surface area contributed by atoms with Crippen LogP contribution in [0.5, 0.6) is 0 Å². The Hall–Kier alpha value is -1.53. The SMILES string of the molecule is Nc1cc(Br)ccc1SCC(=O)NCc1ccc(F)cc1. The van der Waals surface area contributed by atoms with Crippen LogP contribution in [0.15, 0.2) is 51.8 Å². The van der Waals surface area contributed by atoms with Crippen LogP contribution in [0.25, 0.3) is 0 Å². The zero-order valence-electron chi connectivity index (χ0n) is 11.1. The molecule has 3 nitrogen and oxygen atoms in total. The number of nitrogens with two attached hydrogens (primary N) is 1. The van der Waals surface area contributed by atoms with Gasteiger partial charge in [-0.25, -0.2) is 4.39 Å². The molecule has 6 heteroatoms. The fraction of sp³-hybridized carbons (Fsp3) is 0.133. The number of benzene rings is 2. The van der Waals surface area contributed by atoms with E-state index in [9.17, 15) is 9.18 Å². The summed E-state index contributed by atoms with van der Waals surface area (Å²) in [6.07, 6.45) is 0. The van der Waals surface area contributed by atoms with Gasteiger partial charge in [0.1, 0.15) is 5.82 Å². The Balaban J connectivity index is 1.80. The molecule has 0 saturated heterocycles. The van der Waals surface area contributed by atoms with Crippen LogP contribution < -0.4 is 11.1 Å². The predicted molar refractivity (Wildman–Crippen MR) is 87.5 cm³/mol. The Labute approximate surface area is 135 Å². The maximum absolute atomic E-state index is 12.8. The Bertz CT molecular complexity index is 634. The fourth-order valence-corrected chi connectivity index (χ4v) is 2.81. The van der Waals surface area contributed by atoms with Gasteiger partial charge in [0.15, 0.2) is 0 Å². The molecule has 0 atom stereocenters. The summed E-state index contributed by atoms with van der Waals surface area (Å²) >= 11 is 4.72. The number of carbonyl (C=O) groups excluding carboxylic acids is 1. The van der Waals surface area contributed by atoms with Gasteiger partial charge in [-0.3, -0.25) is 4.79 Å². The Morgan fingerprint density at radius 1 is 1.24 bits per heavy atom. The molecule has 0 bridgehead atoms. The molecule has 3 N–H and O–H groups in total. The van der Waals surface area contributed by atoms with Crippen molar-refractivity contribution in [2.45, 2.75) is 11.4 Å². The molecule has 2 aromatic carbocycles. The second kappa shape index (κ2) is 7.47. The topological polar surface area (TPSA) is 55.1 Å². The quantitative estimate of drug-likeness (QED) is 0.626. The number of carbonyl (C=O) groups is 1. The molecule has 0 spiro atoms. The minimum absolute atomic E-state index is 0.0911. The van der Waals surface area contributed by atoms with Crippen LogP contribution in [0.2, 0.25) is 0 Å². The van der Waals surface area contributed by atoms with E-state index in [-0.39, 0.29) is 17.5 Å². The highest BCUT2D eigenvalue weighted by Gasteiger charge is 2.06. The molecular formula is C15H14BrFN2OS. The van der Waals surface area contributed by atoms with Crippen LogP contribution >= 0.6 is 27.7 Å². The molecule has 0 fully saturated rings. The maximum Gasteiger partial charge on any atom is 0.230 e. The molecule has 1 amide bonds. The van der Waals surface area contributed by atoms with E-state index < -0.39 is 0 Å². The van der Waals surface area contributed by atoms with E-state index in [4.69, 9.17) is 5.73 Å². The number of halogens is 2. The lowest BCUT2D eigenvalue weighted by Crippen LogP contribution is -2.24. The van der Waals surface area contributed by atoms with Crippen LogP contribution in [0.4, 0.5) is 10.1 Å². The van der Waals surface area contributed by atoms with Crippen LogP contribution in [-0.2, 0) is 11.3 Å². The summed E-state index contributed by atoms with van der Waals surface area (Å²) in [7, 11) is 0. The third-order valence-electron chi connectivity index (χ3n) is 2.73. The van der Waals surface area contributed by atoms with Gasteiger partial charge in [0.2, 0.25) is 5.91 Å². The minimum atomic E-state index is -0.286. The van der Waals surface area contributed by atoms with Crippen molar-refractivity contribution in [3.63, 3.8) is 0 Å². The van der Waals surface area contributed by atoms with Gasteiger partial charge in [0, 0.05) is 21.6 Å². The number of nitrogen functional groups attached to an aromatic ring is 1. The normalized spacial score (nSPS) is 10.4. The zero-order chi connectivity index (χ0) is 15.2. The number of hydrogen-bond donors (Lipinski definition) is 2. The van der Waals surface area contributed by atoms with E-state index in [2.05, 4.69) is 21.2 Å². The minimum Gasteiger partial charge on any atom is -0.398 e. The second-order valence-electron chi connectivity index (χ2n) is 4.37. The molecular weight excluding hydrogens is 355 g/mol. The summed E-state index contributed by atoms with van der Waals surface area (Å²) in [5.41, 5.74) is 7.37. The van der Waals surface area contributed by atoms with Crippen molar-refractivity contribution in [3.05, 3.63) is 58.3 Å². The molecule has 0 aromatic heterocycles. The van der Waals surface area contributed by atoms with Gasteiger partial charge in [-0.15, -0.1) is 11.8 Å². The number of hydrogen-bond acceptors (Lipinski definition) is 3. The van der Waals surface area contributed by atoms with Crippen molar-refractivity contribution in [1.82, 2.24) is 5.32 Å². The number of thioether (sulfide) groups is 1. The summed E-state index contributed by atoms with van der Waals surface area (Å²) in [4.78, 5) is 12.6. The van der Waals surface area contributed by atoms with E-state index in [0.717, 1.165) is 14.9 Å². The molecule has 0 aliphatic heterocycles. The molecule has 2 aromatic rings. The maximum atomic E-state index is 12.8. The first-order chi connectivity index (χ1) is 10.0. The highest BCUT2D eigenvalue weighted by Crippen LogP contribution is 2.27. The summed E-state index contributed by atoms with van der Waals surface area (Å²) in [6, 6.07) is 11.6. The van der Waals surface area contributed by atoms with Crippen molar-refractivity contribution in [3.8, 4) is 0 Å². The first-order valence-corrected chi connectivity index (χ1v) is 8.01. The van der Waals surface area contributed by atoms with Crippen molar-refractivity contribution in [1.29, 1.82) is 0 Å². The fourth-order valence-electron chi connectivity index (χ4n) is 1.65. The molecule has 0 heterocycles. The molecule has 0 unspecified atom stereocenters. The van der Waals surface area contributed by atoms with Gasteiger partial charge in [-0.1, -0.05) is 28.1 Å². The van der Waals surface area contributed by atoms with Gasteiger partial charge >= 0.3 is 0 Å². The summed E-state index contributed by atoms with van der Waals surface area (Å²) in [6.45, 7) is 0.384. The molecule has 2 rings (SSSR count). The van der Waals surface area contributed by atoms with E-state index in [1.54, 1.807) is 18.2 Å². The highest BCUT2D eigenvalue weighted by atomic mass is 79.9. The number of rotatable bonds is 5. The number of amides is 1. The lowest BCUT2D eigenvalue weighted by molar-refractivity contribution is -0.118. The lowest BCUT2D eigenvalue weighted by Gasteiger charge is -2.07. The molecule has 0 aliphatic carbocycles. The van der Waals surface area contributed by atoms with Crippen molar-refractivity contribution in [2.24, 2.45) is 0 Å². The number of nitrogens with one attached hydrogen (secondary N) is 1. The predicted octanol–water partition coefficient (Wildman–Crippen LogP) is 3.58. The summed E-state index contributed by atoms with van der Waals surface area (Å²) in [5.74, 6) is -0.0921. The van der Waals surface area contributed by atoms with Crippen LogP contribution in [-0.4, -0.2) is 11.7 Å². The van der Waals surface area contributed by atoms with Gasteiger partial charge in [-0.2, -0.15) is 0 Å². The van der Waals surface area contributed by atoms with Crippen molar-refractivity contribution in [2.75, 3.05) is 11.5 Å². The first-order valence-electron chi connectivity index (χ1n) is 6.23. The van der Waals surface area contributed by atoms with E-state index in [1.165, 1.54) is 23.9 Å². The largest absolute Gasteiger partial charge is 0.398 e. The van der Waals surface area contributed by atoms with Crippen LogP contribution in [0.1, 0.15) is 5.56 Å². The molecule has 110 valence electrons. The van der Waals surface area contributed by atoms with Crippen LogP contribution in [0.3, 0.4) is 0 Å². The molecule has 0 aliphatic rings. The van der Waals surface area contributed by atoms with Gasteiger partial charge < -0.3 is 11.1 Å². The van der Waals surface area contributed by atoms with Gasteiger partial charge in [-0.05, 0) is 35.9 Å². The van der Waals surface area contributed by atoms with Crippen LogP contribution in [0, 0.1) is 5.82 Å². The number of anilines is 1. The summed E-state index contributed by atoms with van der Waals surface area (Å²) < 4.78 is 13.7. The van der Waals surface area contributed by atoms with Gasteiger partial charge in [0.25, 0.3) is 0 Å². The highest BCUT2D eigenvalue weighted by molar-refractivity contribution is 9.10. The average molecular weight is 369 g/mol. The Morgan fingerprint density at radius 2 is 1.95 bits per heavy atom. The molecule has 0 saturated carbocycles. The standard InChI is InChI=1S/C15H14BrFN2OS/c16-11-3-6-14(13(18)7-11)21-9-15(20)19-8-10-1-4-12(17)5-2-10/h1-7H,8-9,18H2,(H,19,20). The Kier molecular flexibility index (Phi) is 5.64. The molecule has 21 heavy (non-hydrogen) atoms. The van der Waals surface area contributed by atoms with Crippen molar-refractivity contribution < 1.29 is 9.18 Å². The van der Waals surface area contributed by atoms with E-state index in [0.29, 0.717) is 12.2 Å². The lowest BCUT2D eigenvalue weighted by atomic mass is 10.2. The van der Waals surface area contributed by atoms with E-state index >= 15 is 0 Å².